The zero-order valence-electron chi connectivity index (χ0n) is 13.5. The maximum absolute atomic E-state index is 12.0. The maximum atomic E-state index is 12.0. The summed E-state index contributed by atoms with van der Waals surface area (Å²) >= 11 is 1.29. The number of benzene rings is 1. The number of amides is 1. The normalized spacial score (nSPS) is 16.9. The molecule has 1 aromatic heterocycles. The van der Waals surface area contributed by atoms with E-state index in [1.165, 1.54) is 11.8 Å². The molecule has 1 aliphatic rings. The number of pyridine rings is 1. The SMILES string of the molecule is Cc1ccc2nc(SCC(=O)NC[C@@H]3CCCO3)c(C#N)cc2c1. The smallest absolute Gasteiger partial charge is 0.230 e. The third-order valence-corrected chi connectivity index (χ3v) is 4.94. The number of fused-ring (bicyclic) bond motifs is 1. The van der Waals surface area contributed by atoms with Crippen LogP contribution in [0.1, 0.15) is 24.0 Å². The third kappa shape index (κ3) is 4.05. The van der Waals surface area contributed by atoms with E-state index in [1.54, 1.807) is 0 Å². The Morgan fingerprint density at radius 3 is 3.12 bits per heavy atom. The first kappa shape index (κ1) is 16.7. The van der Waals surface area contributed by atoms with Gasteiger partial charge < -0.3 is 10.1 Å². The average Bonchev–Trinajstić information content (AvgIpc) is 3.10. The van der Waals surface area contributed by atoms with E-state index in [9.17, 15) is 10.1 Å². The molecule has 1 saturated heterocycles. The minimum absolute atomic E-state index is 0.0646. The number of ether oxygens (including phenoxy) is 1. The number of hydrogen-bond acceptors (Lipinski definition) is 5. The van der Waals surface area contributed by atoms with Gasteiger partial charge in [0.2, 0.25) is 5.91 Å². The Labute approximate surface area is 145 Å². The van der Waals surface area contributed by atoms with Gasteiger partial charge in [-0.2, -0.15) is 5.26 Å². The summed E-state index contributed by atoms with van der Waals surface area (Å²) in [6, 6.07) is 9.94. The Balaban J connectivity index is 1.64. The van der Waals surface area contributed by atoms with Gasteiger partial charge in [0.15, 0.2) is 0 Å². The fourth-order valence-electron chi connectivity index (χ4n) is 2.69. The van der Waals surface area contributed by atoms with Crippen LogP contribution in [0, 0.1) is 18.3 Å². The Hall–Kier alpha value is -2.10. The molecule has 1 aromatic carbocycles. The van der Waals surface area contributed by atoms with Crippen molar-refractivity contribution in [2.24, 2.45) is 0 Å². The Kier molecular flexibility index (Phi) is 5.34. The molecule has 1 aliphatic heterocycles. The van der Waals surface area contributed by atoms with Crippen molar-refractivity contribution in [2.75, 3.05) is 18.9 Å². The van der Waals surface area contributed by atoms with E-state index in [0.717, 1.165) is 35.9 Å². The molecule has 0 saturated carbocycles. The second kappa shape index (κ2) is 7.65. The summed E-state index contributed by atoms with van der Waals surface area (Å²) in [5, 5.41) is 13.8. The van der Waals surface area contributed by atoms with Gasteiger partial charge in [0.25, 0.3) is 0 Å². The first-order chi connectivity index (χ1) is 11.7. The maximum Gasteiger partial charge on any atom is 0.230 e. The quantitative estimate of drug-likeness (QED) is 0.847. The molecule has 6 heteroatoms. The molecule has 3 rings (SSSR count). The fraction of sp³-hybridized carbons (Fsp3) is 0.389. The van der Waals surface area contributed by atoms with Gasteiger partial charge in [-0.25, -0.2) is 4.98 Å². The monoisotopic (exact) mass is 341 g/mol. The third-order valence-electron chi connectivity index (χ3n) is 3.95. The summed E-state index contributed by atoms with van der Waals surface area (Å²) in [4.78, 5) is 16.5. The first-order valence-electron chi connectivity index (χ1n) is 7.98. The molecular formula is C18H19N3O2S. The summed E-state index contributed by atoms with van der Waals surface area (Å²) in [7, 11) is 0. The highest BCUT2D eigenvalue weighted by Gasteiger charge is 2.16. The highest BCUT2D eigenvalue weighted by Crippen LogP contribution is 2.25. The molecule has 0 unspecified atom stereocenters. The predicted molar refractivity (Wildman–Crippen MR) is 93.9 cm³/mol. The summed E-state index contributed by atoms with van der Waals surface area (Å²) in [6.07, 6.45) is 2.19. The molecule has 1 amide bonds. The number of nitriles is 1. The molecule has 0 radical (unpaired) electrons. The van der Waals surface area contributed by atoms with E-state index >= 15 is 0 Å². The molecule has 1 fully saturated rings. The Morgan fingerprint density at radius 1 is 1.50 bits per heavy atom. The average molecular weight is 341 g/mol. The molecule has 5 nitrogen and oxygen atoms in total. The lowest BCUT2D eigenvalue weighted by atomic mass is 10.1. The molecular weight excluding hydrogens is 322 g/mol. The van der Waals surface area contributed by atoms with Crippen LogP contribution in [0.4, 0.5) is 0 Å². The summed E-state index contributed by atoms with van der Waals surface area (Å²) in [6.45, 7) is 3.34. The molecule has 2 heterocycles. The summed E-state index contributed by atoms with van der Waals surface area (Å²) in [5.74, 6) is 0.177. The number of nitrogens with zero attached hydrogens (tertiary/aromatic N) is 2. The minimum Gasteiger partial charge on any atom is -0.376 e. The Morgan fingerprint density at radius 2 is 2.38 bits per heavy atom. The van der Waals surface area contributed by atoms with Gasteiger partial charge in [-0.05, 0) is 38.0 Å². The van der Waals surface area contributed by atoms with Crippen LogP contribution in [0.2, 0.25) is 0 Å². The van der Waals surface area contributed by atoms with Crippen LogP contribution in [0.3, 0.4) is 0 Å². The molecule has 1 N–H and O–H groups in total. The largest absolute Gasteiger partial charge is 0.376 e. The number of nitrogens with one attached hydrogen (secondary N) is 1. The van der Waals surface area contributed by atoms with Crippen LogP contribution < -0.4 is 5.32 Å². The highest BCUT2D eigenvalue weighted by molar-refractivity contribution is 8.00. The summed E-state index contributed by atoms with van der Waals surface area (Å²) < 4.78 is 5.48. The number of aromatic nitrogens is 1. The van der Waals surface area contributed by atoms with E-state index in [2.05, 4.69) is 16.4 Å². The van der Waals surface area contributed by atoms with E-state index in [4.69, 9.17) is 4.74 Å². The second-order valence-electron chi connectivity index (χ2n) is 5.88. The van der Waals surface area contributed by atoms with E-state index in [-0.39, 0.29) is 17.8 Å². The van der Waals surface area contributed by atoms with Gasteiger partial charge in [-0.1, -0.05) is 23.4 Å². The van der Waals surface area contributed by atoms with Crippen LogP contribution in [0.25, 0.3) is 10.9 Å². The molecule has 124 valence electrons. The number of carbonyl (C=O) groups is 1. The number of carbonyl (C=O) groups excluding carboxylic acids is 1. The number of hydrogen-bond donors (Lipinski definition) is 1. The van der Waals surface area contributed by atoms with Gasteiger partial charge in [-0.3, -0.25) is 4.79 Å². The highest BCUT2D eigenvalue weighted by atomic mass is 32.2. The first-order valence-corrected chi connectivity index (χ1v) is 8.97. The molecule has 1 atom stereocenters. The van der Waals surface area contributed by atoms with Crippen LogP contribution in [0.15, 0.2) is 29.3 Å². The van der Waals surface area contributed by atoms with Crippen molar-refractivity contribution in [1.29, 1.82) is 5.26 Å². The van der Waals surface area contributed by atoms with Gasteiger partial charge in [-0.15, -0.1) is 0 Å². The van der Waals surface area contributed by atoms with Crippen molar-refractivity contribution < 1.29 is 9.53 Å². The molecule has 0 aliphatic carbocycles. The van der Waals surface area contributed by atoms with E-state index in [1.807, 2.05) is 31.2 Å². The zero-order chi connectivity index (χ0) is 16.9. The predicted octanol–water partition coefficient (Wildman–Crippen LogP) is 2.80. The van der Waals surface area contributed by atoms with E-state index in [0.29, 0.717) is 17.1 Å². The lowest BCUT2D eigenvalue weighted by Crippen LogP contribution is -2.32. The van der Waals surface area contributed by atoms with E-state index < -0.39 is 0 Å². The van der Waals surface area contributed by atoms with Crippen LogP contribution in [-0.4, -0.2) is 35.9 Å². The number of aryl methyl sites for hydroxylation is 1. The van der Waals surface area contributed by atoms with Gasteiger partial charge in [0, 0.05) is 18.5 Å². The van der Waals surface area contributed by atoms with Crippen molar-refractivity contribution in [1.82, 2.24) is 10.3 Å². The van der Waals surface area contributed by atoms with Crippen LogP contribution in [0.5, 0.6) is 0 Å². The lowest BCUT2D eigenvalue weighted by molar-refractivity contribution is -0.119. The number of rotatable bonds is 5. The van der Waals surface area contributed by atoms with Crippen LogP contribution >= 0.6 is 11.8 Å². The fourth-order valence-corrected chi connectivity index (χ4v) is 3.48. The zero-order valence-corrected chi connectivity index (χ0v) is 14.4. The topological polar surface area (TPSA) is 75.0 Å². The molecule has 0 bridgehead atoms. The van der Waals surface area contributed by atoms with Gasteiger partial charge in [0.1, 0.15) is 11.1 Å². The lowest BCUT2D eigenvalue weighted by Gasteiger charge is -2.11. The van der Waals surface area contributed by atoms with Gasteiger partial charge in [0.05, 0.1) is 22.9 Å². The van der Waals surface area contributed by atoms with Crippen molar-refractivity contribution in [3.8, 4) is 6.07 Å². The minimum atomic E-state index is -0.0646. The van der Waals surface area contributed by atoms with Crippen molar-refractivity contribution in [3.05, 3.63) is 35.4 Å². The molecule has 2 aromatic rings. The molecule has 24 heavy (non-hydrogen) atoms. The van der Waals surface area contributed by atoms with Crippen molar-refractivity contribution >= 4 is 28.6 Å². The van der Waals surface area contributed by atoms with Crippen molar-refractivity contribution in [2.45, 2.75) is 30.9 Å². The Bertz CT molecular complexity index is 795. The molecule has 0 spiro atoms. The van der Waals surface area contributed by atoms with Crippen molar-refractivity contribution in [3.63, 3.8) is 0 Å². The van der Waals surface area contributed by atoms with Gasteiger partial charge >= 0.3 is 0 Å². The van der Waals surface area contributed by atoms with Crippen LogP contribution in [-0.2, 0) is 9.53 Å². The summed E-state index contributed by atoms with van der Waals surface area (Å²) in [5.41, 5.74) is 2.47. The second-order valence-corrected chi connectivity index (χ2v) is 6.84. The standard InChI is InChI=1S/C18H19N3O2S/c1-12-4-5-16-13(7-12)8-14(9-19)18(21-16)24-11-17(22)20-10-15-3-2-6-23-15/h4-5,7-8,15H,2-3,6,10-11H2,1H3,(H,20,22)/t15-/m0/s1. The number of thioether (sulfide) groups is 1.